The van der Waals surface area contributed by atoms with Gasteiger partial charge < -0.3 is 10.6 Å². The van der Waals surface area contributed by atoms with Crippen molar-refractivity contribution < 1.29 is 0 Å². The van der Waals surface area contributed by atoms with Gasteiger partial charge in [0.15, 0.2) is 5.96 Å². The van der Waals surface area contributed by atoms with Crippen LogP contribution >= 0.6 is 47.1 Å². The molecule has 2 atom stereocenters. The maximum Gasteiger partial charge on any atom is 0.191 e. The fourth-order valence-electron chi connectivity index (χ4n) is 2.67. The van der Waals surface area contributed by atoms with Crippen molar-refractivity contribution in [3.8, 4) is 0 Å². The summed E-state index contributed by atoms with van der Waals surface area (Å²) in [5, 5.41) is 9.01. The topological polar surface area (TPSA) is 49.3 Å². The Morgan fingerprint density at radius 3 is 3.05 bits per heavy atom. The molecular formula is C15H27IN4S2. The summed E-state index contributed by atoms with van der Waals surface area (Å²) in [6.45, 7) is 3.31. The van der Waals surface area contributed by atoms with Crippen LogP contribution in [-0.4, -0.2) is 36.3 Å². The number of hydrogen-bond acceptors (Lipinski definition) is 4. The Balaban J connectivity index is 0.00000242. The second kappa shape index (κ2) is 11.5. The van der Waals surface area contributed by atoms with Crippen molar-refractivity contribution >= 4 is 53.0 Å². The first-order valence-electron chi connectivity index (χ1n) is 7.77. The van der Waals surface area contributed by atoms with Crippen LogP contribution in [0, 0.1) is 5.92 Å². The minimum atomic E-state index is 0. The fourth-order valence-corrected chi connectivity index (χ4v) is 4.32. The molecular weight excluding hydrogens is 427 g/mol. The number of hydrogen-bond donors (Lipinski definition) is 2. The van der Waals surface area contributed by atoms with Gasteiger partial charge in [-0.2, -0.15) is 0 Å². The van der Waals surface area contributed by atoms with Crippen LogP contribution in [0.2, 0.25) is 0 Å². The molecule has 2 N–H and O–H groups in total. The van der Waals surface area contributed by atoms with Gasteiger partial charge >= 0.3 is 0 Å². The van der Waals surface area contributed by atoms with E-state index in [0.717, 1.165) is 34.9 Å². The van der Waals surface area contributed by atoms with Gasteiger partial charge in [0.25, 0.3) is 0 Å². The highest BCUT2D eigenvalue weighted by molar-refractivity contribution is 14.0. The summed E-state index contributed by atoms with van der Waals surface area (Å²) in [5.41, 5.74) is 0. The first-order valence-corrected chi connectivity index (χ1v) is 9.64. The number of aliphatic imine (C=N–C) groups is 1. The number of nitrogens with one attached hydrogen (secondary N) is 2. The van der Waals surface area contributed by atoms with Crippen molar-refractivity contribution in [1.29, 1.82) is 0 Å². The number of thioether (sulfide) groups is 1. The van der Waals surface area contributed by atoms with E-state index in [0.29, 0.717) is 6.04 Å². The van der Waals surface area contributed by atoms with Crippen LogP contribution in [0.25, 0.3) is 0 Å². The Bertz CT molecular complexity index is 425. The van der Waals surface area contributed by atoms with Crippen molar-refractivity contribution in [3.63, 3.8) is 0 Å². The van der Waals surface area contributed by atoms with Crippen molar-refractivity contribution in [1.82, 2.24) is 15.6 Å². The summed E-state index contributed by atoms with van der Waals surface area (Å²) < 4.78 is 1.16. The summed E-state index contributed by atoms with van der Waals surface area (Å²) >= 11 is 3.54. The Kier molecular flexibility index (Phi) is 10.5. The summed E-state index contributed by atoms with van der Waals surface area (Å²) in [6, 6.07) is 0.588. The van der Waals surface area contributed by atoms with Crippen LogP contribution in [-0.2, 0) is 0 Å². The molecule has 0 spiro atoms. The van der Waals surface area contributed by atoms with Gasteiger partial charge in [-0.15, -0.1) is 35.3 Å². The van der Waals surface area contributed by atoms with E-state index in [1.54, 1.807) is 11.3 Å². The Morgan fingerprint density at radius 2 is 2.36 bits per heavy atom. The highest BCUT2D eigenvalue weighted by atomic mass is 127. The van der Waals surface area contributed by atoms with E-state index < -0.39 is 0 Å². The average Bonchev–Trinajstić information content (AvgIpc) is 2.99. The lowest BCUT2D eigenvalue weighted by molar-refractivity contribution is 0.324. The molecule has 1 saturated carbocycles. The molecule has 2 rings (SSSR count). The molecule has 1 aliphatic carbocycles. The van der Waals surface area contributed by atoms with E-state index in [1.807, 2.05) is 30.4 Å². The summed E-state index contributed by atoms with van der Waals surface area (Å²) in [6.07, 6.45) is 8.22. The monoisotopic (exact) mass is 454 g/mol. The molecule has 126 valence electrons. The Morgan fingerprint density at radius 1 is 1.50 bits per heavy atom. The molecule has 0 amide bonds. The predicted octanol–water partition coefficient (Wildman–Crippen LogP) is 3.99. The van der Waals surface area contributed by atoms with E-state index in [-0.39, 0.29) is 24.0 Å². The third-order valence-corrected chi connectivity index (χ3v) is 5.80. The summed E-state index contributed by atoms with van der Waals surface area (Å²) in [5.74, 6) is 2.88. The van der Waals surface area contributed by atoms with Crippen LogP contribution in [0.5, 0.6) is 0 Å². The van der Waals surface area contributed by atoms with E-state index in [9.17, 15) is 0 Å². The predicted molar refractivity (Wildman–Crippen MR) is 109 cm³/mol. The molecule has 1 aromatic rings. The number of nitrogens with zero attached hydrogens (tertiary/aromatic N) is 2. The normalized spacial score (nSPS) is 22.0. The van der Waals surface area contributed by atoms with Gasteiger partial charge in [0, 0.05) is 37.0 Å². The molecule has 1 aromatic heterocycles. The second-order valence-electron chi connectivity index (χ2n) is 5.61. The molecule has 1 fully saturated rings. The maximum atomic E-state index is 4.33. The van der Waals surface area contributed by atoms with Gasteiger partial charge in [-0.25, -0.2) is 4.98 Å². The van der Waals surface area contributed by atoms with Gasteiger partial charge in [0.1, 0.15) is 4.34 Å². The first kappa shape index (κ1) is 20.0. The molecule has 0 aromatic carbocycles. The summed E-state index contributed by atoms with van der Waals surface area (Å²) in [7, 11) is 1.85. The van der Waals surface area contributed by atoms with Crippen molar-refractivity contribution in [2.24, 2.45) is 10.9 Å². The van der Waals surface area contributed by atoms with Crippen LogP contribution in [0.4, 0.5) is 0 Å². The molecule has 1 aliphatic rings. The quantitative estimate of drug-likeness (QED) is 0.225. The zero-order chi connectivity index (χ0) is 14.9. The third kappa shape index (κ3) is 7.50. The minimum absolute atomic E-state index is 0. The zero-order valence-electron chi connectivity index (χ0n) is 13.4. The number of thiazole rings is 1. The van der Waals surface area contributed by atoms with Crippen molar-refractivity contribution in [2.75, 3.05) is 19.3 Å². The average molecular weight is 454 g/mol. The number of rotatable bonds is 6. The van der Waals surface area contributed by atoms with Gasteiger partial charge in [-0.3, -0.25) is 4.99 Å². The van der Waals surface area contributed by atoms with Crippen molar-refractivity contribution in [2.45, 2.75) is 49.4 Å². The molecule has 22 heavy (non-hydrogen) atoms. The molecule has 2 unspecified atom stereocenters. The fraction of sp³-hybridized carbons (Fsp3) is 0.733. The van der Waals surface area contributed by atoms with Crippen molar-refractivity contribution in [3.05, 3.63) is 11.6 Å². The molecule has 0 radical (unpaired) electrons. The molecule has 1 heterocycles. The van der Waals surface area contributed by atoms with Gasteiger partial charge in [-0.1, -0.05) is 31.5 Å². The van der Waals surface area contributed by atoms with Crippen LogP contribution < -0.4 is 10.6 Å². The largest absolute Gasteiger partial charge is 0.356 e. The zero-order valence-corrected chi connectivity index (χ0v) is 17.3. The number of guanidine groups is 1. The second-order valence-corrected chi connectivity index (χ2v) is 7.85. The minimum Gasteiger partial charge on any atom is -0.356 e. The van der Waals surface area contributed by atoms with E-state index in [4.69, 9.17) is 0 Å². The van der Waals surface area contributed by atoms with Gasteiger partial charge in [-0.05, 0) is 25.2 Å². The maximum absolute atomic E-state index is 4.33. The standard InChI is InChI=1S/C15H26N4S2.HI/c1-12-5-3-6-13(11-12)19-14(16-2)17-7-4-9-20-15-18-8-10-21-15;/h8,10,12-13H,3-7,9,11H2,1-2H3,(H2,16,17,19);1H. The first-order chi connectivity index (χ1) is 10.3. The van der Waals surface area contributed by atoms with E-state index >= 15 is 0 Å². The molecule has 0 saturated heterocycles. The summed E-state index contributed by atoms with van der Waals surface area (Å²) in [4.78, 5) is 8.61. The Hall–Kier alpha value is -0.0200. The van der Waals surface area contributed by atoms with Gasteiger partial charge in [0.2, 0.25) is 0 Å². The highest BCUT2D eigenvalue weighted by Crippen LogP contribution is 2.23. The third-order valence-electron chi connectivity index (χ3n) is 3.75. The Labute approximate surface area is 159 Å². The van der Waals surface area contributed by atoms with Crippen LogP contribution in [0.1, 0.15) is 39.0 Å². The lowest BCUT2D eigenvalue weighted by Gasteiger charge is -2.28. The molecule has 0 bridgehead atoms. The van der Waals surface area contributed by atoms with E-state index in [1.165, 1.54) is 25.7 Å². The van der Waals surface area contributed by atoms with Crippen LogP contribution in [0.3, 0.4) is 0 Å². The molecule has 4 nitrogen and oxygen atoms in total. The number of halogens is 1. The number of aromatic nitrogens is 1. The van der Waals surface area contributed by atoms with Gasteiger partial charge in [0.05, 0.1) is 0 Å². The lowest BCUT2D eigenvalue weighted by Crippen LogP contribution is -2.45. The highest BCUT2D eigenvalue weighted by Gasteiger charge is 2.19. The van der Waals surface area contributed by atoms with E-state index in [2.05, 4.69) is 27.5 Å². The molecule has 7 heteroatoms. The lowest BCUT2D eigenvalue weighted by atomic mass is 9.87. The van der Waals surface area contributed by atoms with Crippen LogP contribution in [0.15, 0.2) is 20.9 Å². The smallest absolute Gasteiger partial charge is 0.191 e. The molecule has 0 aliphatic heterocycles. The SMILES string of the molecule is CN=C(NCCCSc1nccs1)NC1CCCC(C)C1.I.